The second kappa shape index (κ2) is 2.62. The van der Waals surface area contributed by atoms with Crippen LogP contribution in [0.4, 0.5) is 0 Å². The Morgan fingerprint density at radius 2 is 2.42 bits per heavy atom. The van der Waals surface area contributed by atoms with Gasteiger partial charge in [-0.3, -0.25) is 0 Å². The van der Waals surface area contributed by atoms with Crippen LogP contribution in [-0.2, 0) is 9.45 Å². The molecule has 0 saturated heterocycles. The predicted molar refractivity (Wildman–Crippen MR) is 46.6 cm³/mol. The molecule has 0 aromatic carbocycles. The van der Waals surface area contributed by atoms with Crippen molar-refractivity contribution >= 4 is 18.5 Å². The molecule has 2 aliphatic rings. The Bertz CT molecular complexity index is 306. The first-order valence-corrected chi connectivity index (χ1v) is 3.79. The second-order valence-corrected chi connectivity index (χ2v) is 2.85. The Morgan fingerprint density at radius 1 is 1.58 bits per heavy atom. The molecule has 0 aromatic rings. The van der Waals surface area contributed by atoms with Crippen molar-refractivity contribution < 1.29 is 9.45 Å². The van der Waals surface area contributed by atoms with Gasteiger partial charge in [0.25, 0.3) is 0 Å². The summed E-state index contributed by atoms with van der Waals surface area (Å²) in [6, 6.07) is 0. The van der Waals surface area contributed by atoms with Crippen LogP contribution in [0.1, 0.15) is 0 Å². The van der Waals surface area contributed by atoms with E-state index < -0.39 is 12.0 Å². The van der Waals surface area contributed by atoms with E-state index in [1.54, 1.807) is 7.12 Å². The topological polar surface area (TPSA) is 52.3 Å². The van der Waals surface area contributed by atoms with Crippen LogP contribution in [-0.4, -0.2) is 24.6 Å². The Balaban J connectivity index is 2.25. The summed E-state index contributed by atoms with van der Waals surface area (Å²) in [6.45, 7) is 0. The molecule has 1 aliphatic carbocycles. The van der Waals surface area contributed by atoms with E-state index in [4.69, 9.17) is 10.4 Å². The third-order valence-corrected chi connectivity index (χ3v) is 2.06. The van der Waals surface area contributed by atoms with E-state index in [-0.39, 0.29) is 5.92 Å². The zero-order valence-electron chi connectivity index (χ0n) is 6.44. The normalized spacial score (nSPS) is 30.2. The Kier molecular flexibility index (Phi) is 1.61. The van der Waals surface area contributed by atoms with E-state index in [0.29, 0.717) is 0 Å². The van der Waals surface area contributed by atoms with Crippen molar-refractivity contribution in [3.05, 3.63) is 24.3 Å². The first-order valence-electron chi connectivity index (χ1n) is 3.79. The maximum atomic E-state index is 10.9. The number of carbonyl (C=O) groups is 1. The van der Waals surface area contributed by atoms with E-state index in [9.17, 15) is 4.79 Å². The molecule has 0 saturated carbocycles. The number of nitrogens with two attached hydrogens (primary N) is 1. The average molecular weight is 161 g/mol. The van der Waals surface area contributed by atoms with Gasteiger partial charge in [-0.05, 0) is 0 Å². The van der Waals surface area contributed by atoms with Gasteiger partial charge in [-0.25, -0.2) is 0 Å². The summed E-state index contributed by atoms with van der Waals surface area (Å²) >= 11 is 0. The summed E-state index contributed by atoms with van der Waals surface area (Å²) in [5.41, 5.74) is 6.16. The SMILES string of the molecule is NC(=O)C1OB=C2C=CC=CC21. The van der Waals surface area contributed by atoms with Gasteiger partial charge in [-0.15, -0.1) is 0 Å². The number of primary amides is 1. The zero-order valence-corrected chi connectivity index (χ0v) is 6.44. The van der Waals surface area contributed by atoms with Crippen LogP contribution in [0.2, 0.25) is 0 Å². The van der Waals surface area contributed by atoms with Gasteiger partial charge in [0.1, 0.15) is 0 Å². The van der Waals surface area contributed by atoms with Gasteiger partial charge < -0.3 is 0 Å². The monoisotopic (exact) mass is 161 g/mol. The molecule has 1 heterocycles. The van der Waals surface area contributed by atoms with Gasteiger partial charge >= 0.3 is 70.0 Å². The minimum absolute atomic E-state index is 0.0208. The molecule has 2 N–H and O–H groups in total. The van der Waals surface area contributed by atoms with Crippen LogP contribution in [0, 0.1) is 5.92 Å². The third-order valence-electron chi connectivity index (χ3n) is 2.06. The fourth-order valence-corrected chi connectivity index (χ4v) is 1.45. The summed E-state index contributed by atoms with van der Waals surface area (Å²) in [6.07, 6.45) is 7.14. The quantitative estimate of drug-likeness (QED) is 0.522. The predicted octanol–water partition coefficient (Wildman–Crippen LogP) is -0.596. The molecule has 0 radical (unpaired) electrons. The van der Waals surface area contributed by atoms with Crippen molar-refractivity contribution in [3.8, 4) is 0 Å². The second-order valence-electron chi connectivity index (χ2n) is 2.85. The molecule has 2 atom stereocenters. The van der Waals surface area contributed by atoms with Crippen molar-refractivity contribution in [1.29, 1.82) is 0 Å². The van der Waals surface area contributed by atoms with Crippen molar-refractivity contribution in [2.45, 2.75) is 6.10 Å². The van der Waals surface area contributed by atoms with Gasteiger partial charge in [-0.1, -0.05) is 0 Å². The molecule has 2 rings (SSSR count). The van der Waals surface area contributed by atoms with E-state index in [1.807, 2.05) is 24.3 Å². The summed E-state index contributed by atoms with van der Waals surface area (Å²) < 4.78 is 5.12. The Hall–Kier alpha value is -1.32. The van der Waals surface area contributed by atoms with Crippen LogP contribution >= 0.6 is 0 Å². The minimum atomic E-state index is -0.513. The fourth-order valence-electron chi connectivity index (χ4n) is 1.45. The van der Waals surface area contributed by atoms with Gasteiger partial charge in [0.15, 0.2) is 0 Å². The molecule has 60 valence electrons. The number of hydrogen-bond acceptors (Lipinski definition) is 2. The Morgan fingerprint density at radius 3 is 3.17 bits per heavy atom. The molecule has 1 amide bonds. The molecule has 0 bridgehead atoms. The van der Waals surface area contributed by atoms with Crippen LogP contribution < -0.4 is 5.73 Å². The molecule has 3 nitrogen and oxygen atoms in total. The summed E-state index contributed by atoms with van der Waals surface area (Å²) in [5, 5.41) is 0. The molecule has 1 aliphatic heterocycles. The zero-order chi connectivity index (χ0) is 8.55. The molecule has 4 heteroatoms. The number of amides is 1. The van der Waals surface area contributed by atoms with Gasteiger partial charge in [-0.2, -0.15) is 0 Å². The van der Waals surface area contributed by atoms with Crippen molar-refractivity contribution in [2.24, 2.45) is 11.7 Å². The molecule has 0 fully saturated rings. The molecule has 0 spiro atoms. The molecule has 12 heavy (non-hydrogen) atoms. The number of carbonyl (C=O) groups excluding carboxylic acids is 1. The average Bonchev–Trinajstić information content (AvgIpc) is 2.47. The molecule has 0 aromatic heterocycles. The van der Waals surface area contributed by atoms with Crippen molar-refractivity contribution in [3.63, 3.8) is 0 Å². The van der Waals surface area contributed by atoms with E-state index >= 15 is 0 Å². The van der Waals surface area contributed by atoms with E-state index in [0.717, 1.165) is 5.46 Å². The summed E-state index contributed by atoms with van der Waals surface area (Å²) in [5.74, 6) is -0.390. The maximum absolute atomic E-state index is 10.9. The first kappa shape index (κ1) is 7.34. The molecular weight excluding hydrogens is 153 g/mol. The standard InChI is InChI=1S/C8H8BNO2/c10-8(11)7-5-3-1-2-4-6(5)9-12-7/h1-5,7H,(H2,10,11). The fraction of sp³-hybridized carbons (Fsp3) is 0.250. The van der Waals surface area contributed by atoms with E-state index in [1.165, 1.54) is 0 Å². The van der Waals surface area contributed by atoms with Gasteiger partial charge in [0.2, 0.25) is 0 Å². The number of allylic oxidation sites excluding steroid dienone is 3. The number of hydrogen-bond donors (Lipinski definition) is 1. The first-order chi connectivity index (χ1) is 5.79. The molecular formula is C8H8BNO2. The van der Waals surface area contributed by atoms with Crippen LogP contribution in [0.5, 0.6) is 0 Å². The van der Waals surface area contributed by atoms with Crippen molar-refractivity contribution in [1.82, 2.24) is 0 Å². The van der Waals surface area contributed by atoms with Gasteiger partial charge in [0, 0.05) is 0 Å². The molecule has 2 unspecified atom stereocenters. The van der Waals surface area contributed by atoms with Gasteiger partial charge in [0.05, 0.1) is 0 Å². The third kappa shape index (κ3) is 0.997. The van der Waals surface area contributed by atoms with Crippen LogP contribution in [0.3, 0.4) is 0 Å². The summed E-state index contributed by atoms with van der Waals surface area (Å²) in [7, 11) is 1.60. The summed E-state index contributed by atoms with van der Waals surface area (Å²) in [4.78, 5) is 10.9. The number of fused-ring (bicyclic) bond motifs is 1. The number of rotatable bonds is 1. The van der Waals surface area contributed by atoms with Crippen LogP contribution in [0.25, 0.3) is 0 Å². The Labute approximate surface area is 70.8 Å². The van der Waals surface area contributed by atoms with Crippen molar-refractivity contribution in [2.75, 3.05) is 0 Å². The van der Waals surface area contributed by atoms with Crippen LogP contribution in [0.15, 0.2) is 24.3 Å². The van der Waals surface area contributed by atoms with E-state index in [2.05, 4.69) is 0 Å².